The van der Waals surface area contributed by atoms with Gasteiger partial charge in [0, 0.05) is 64.5 Å². The Balaban J connectivity index is 1.35. The maximum Gasteiger partial charge on any atom is 0.223 e. The van der Waals surface area contributed by atoms with Crippen LogP contribution in [0, 0.1) is 0 Å². The van der Waals surface area contributed by atoms with Gasteiger partial charge >= 0.3 is 0 Å². The summed E-state index contributed by atoms with van der Waals surface area (Å²) in [6.07, 6.45) is 4.49. The lowest BCUT2D eigenvalue weighted by molar-refractivity contribution is -0.132. The summed E-state index contributed by atoms with van der Waals surface area (Å²) in [6, 6.07) is 4.30. The molecular formula is C16H26N6O. The fourth-order valence-electron chi connectivity index (χ4n) is 3.21. The maximum atomic E-state index is 12.2. The molecule has 0 spiro atoms. The van der Waals surface area contributed by atoms with Crippen molar-refractivity contribution in [2.45, 2.75) is 25.3 Å². The number of likely N-dealkylation sites (tertiary alicyclic amines) is 1. The van der Waals surface area contributed by atoms with Crippen LogP contribution in [0.1, 0.15) is 19.3 Å². The number of piperazine rings is 1. The third-order valence-corrected chi connectivity index (χ3v) is 4.62. The molecule has 0 unspecified atom stereocenters. The highest BCUT2D eigenvalue weighted by atomic mass is 16.2. The summed E-state index contributed by atoms with van der Waals surface area (Å²) >= 11 is 0. The molecule has 2 N–H and O–H groups in total. The van der Waals surface area contributed by atoms with Gasteiger partial charge in [-0.25, -0.2) is 0 Å². The van der Waals surface area contributed by atoms with E-state index in [1.54, 1.807) is 6.20 Å². The molecule has 126 valence electrons. The number of rotatable bonds is 5. The molecule has 7 heteroatoms. The van der Waals surface area contributed by atoms with E-state index in [2.05, 4.69) is 25.7 Å². The largest absolute Gasteiger partial charge is 0.366 e. The smallest absolute Gasteiger partial charge is 0.223 e. The van der Waals surface area contributed by atoms with Gasteiger partial charge in [0.05, 0.1) is 0 Å². The van der Waals surface area contributed by atoms with E-state index in [0.717, 1.165) is 64.5 Å². The van der Waals surface area contributed by atoms with Crippen molar-refractivity contribution in [3.8, 4) is 0 Å². The Kier molecular flexibility index (Phi) is 5.76. The summed E-state index contributed by atoms with van der Waals surface area (Å²) in [4.78, 5) is 16.6. The van der Waals surface area contributed by atoms with Crippen LogP contribution >= 0.6 is 0 Å². The minimum Gasteiger partial charge on any atom is -0.366 e. The zero-order valence-electron chi connectivity index (χ0n) is 13.6. The molecule has 2 fully saturated rings. The van der Waals surface area contributed by atoms with Crippen molar-refractivity contribution in [1.82, 2.24) is 25.3 Å². The Bertz CT molecular complexity index is 483. The Morgan fingerprint density at radius 2 is 2.04 bits per heavy atom. The number of anilines is 1. The zero-order chi connectivity index (χ0) is 15.9. The van der Waals surface area contributed by atoms with Gasteiger partial charge in [0.1, 0.15) is 5.82 Å². The van der Waals surface area contributed by atoms with Gasteiger partial charge < -0.3 is 20.4 Å². The predicted octanol–water partition coefficient (Wildman–Crippen LogP) is 0.175. The van der Waals surface area contributed by atoms with Gasteiger partial charge in [-0.3, -0.25) is 4.79 Å². The zero-order valence-corrected chi connectivity index (χ0v) is 13.6. The number of piperidine rings is 1. The maximum absolute atomic E-state index is 12.2. The van der Waals surface area contributed by atoms with Crippen LogP contribution in [0.5, 0.6) is 0 Å². The van der Waals surface area contributed by atoms with Gasteiger partial charge in [-0.1, -0.05) is 0 Å². The van der Waals surface area contributed by atoms with Crippen molar-refractivity contribution in [3.05, 3.63) is 18.3 Å². The first-order chi connectivity index (χ1) is 11.3. The first-order valence-corrected chi connectivity index (χ1v) is 8.56. The van der Waals surface area contributed by atoms with E-state index < -0.39 is 0 Å². The predicted molar refractivity (Wildman–Crippen MR) is 89.2 cm³/mol. The second-order valence-corrected chi connectivity index (χ2v) is 6.25. The van der Waals surface area contributed by atoms with Gasteiger partial charge in [0.15, 0.2) is 0 Å². The van der Waals surface area contributed by atoms with Crippen molar-refractivity contribution in [2.24, 2.45) is 0 Å². The topological polar surface area (TPSA) is 73.4 Å². The molecule has 0 aliphatic carbocycles. The van der Waals surface area contributed by atoms with Crippen LogP contribution in [0.15, 0.2) is 18.3 Å². The molecule has 7 nitrogen and oxygen atoms in total. The SMILES string of the molecule is O=C(CCN1CCC(Nc2cccnn2)CC1)N1CCNCC1. The third kappa shape index (κ3) is 4.87. The molecule has 3 heterocycles. The van der Waals surface area contributed by atoms with Crippen LogP contribution in [0.2, 0.25) is 0 Å². The number of nitrogens with one attached hydrogen (secondary N) is 2. The summed E-state index contributed by atoms with van der Waals surface area (Å²) in [5.41, 5.74) is 0. The fraction of sp³-hybridized carbons (Fsp3) is 0.688. The molecule has 23 heavy (non-hydrogen) atoms. The summed E-state index contributed by atoms with van der Waals surface area (Å²) in [5, 5.41) is 14.7. The van der Waals surface area contributed by atoms with Gasteiger partial charge in [0.25, 0.3) is 0 Å². The third-order valence-electron chi connectivity index (χ3n) is 4.62. The van der Waals surface area contributed by atoms with E-state index in [1.807, 2.05) is 17.0 Å². The fourth-order valence-corrected chi connectivity index (χ4v) is 3.21. The van der Waals surface area contributed by atoms with Gasteiger partial charge in [-0.2, -0.15) is 5.10 Å². The molecule has 3 rings (SSSR count). The Labute approximate surface area is 137 Å². The summed E-state index contributed by atoms with van der Waals surface area (Å²) in [7, 11) is 0. The molecule has 0 saturated carbocycles. The monoisotopic (exact) mass is 318 g/mol. The molecule has 1 aromatic rings. The summed E-state index contributed by atoms with van der Waals surface area (Å²) in [6.45, 7) is 6.49. The average Bonchev–Trinajstić information content (AvgIpc) is 2.62. The van der Waals surface area contributed by atoms with Crippen molar-refractivity contribution < 1.29 is 4.79 Å². The molecule has 0 radical (unpaired) electrons. The van der Waals surface area contributed by atoms with E-state index in [-0.39, 0.29) is 0 Å². The van der Waals surface area contributed by atoms with E-state index in [9.17, 15) is 4.79 Å². The lowest BCUT2D eigenvalue weighted by atomic mass is 10.0. The first kappa shape index (κ1) is 16.1. The van der Waals surface area contributed by atoms with E-state index >= 15 is 0 Å². The molecule has 2 saturated heterocycles. The molecule has 2 aliphatic heterocycles. The van der Waals surface area contributed by atoms with Crippen LogP contribution in [0.3, 0.4) is 0 Å². The second kappa shape index (κ2) is 8.21. The molecule has 1 aromatic heterocycles. The molecule has 0 bridgehead atoms. The molecule has 0 aromatic carbocycles. The first-order valence-electron chi connectivity index (χ1n) is 8.56. The van der Waals surface area contributed by atoms with Crippen LogP contribution in [-0.4, -0.2) is 77.8 Å². The van der Waals surface area contributed by atoms with Crippen LogP contribution in [-0.2, 0) is 4.79 Å². The standard InChI is InChI=1S/C16H26N6O/c23-16(22-12-7-17-8-13-22)5-11-21-9-3-14(4-10-21)19-15-2-1-6-18-20-15/h1-2,6,14,17H,3-5,7-13H2,(H,19,20). The lowest BCUT2D eigenvalue weighted by Gasteiger charge is -2.33. The number of nitrogens with zero attached hydrogens (tertiary/aromatic N) is 4. The molecule has 2 aliphatic rings. The highest BCUT2D eigenvalue weighted by Gasteiger charge is 2.21. The van der Waals surface area contributed by atoms with E-state index in [1.165, 1.54) is 0 Å². The number of carbonyl (C=O) groups excluding carboxylic acids is 1. The highest BCUT2D eigenvalue weighted by Crippen LogP contribution is 2.15. The van der Waals surface area contributed by atoms with Crippen LogP contribution in [0.25, 0.3) is 0 Å². The summed E-state index contributed by atoms with van der Waals surface area (Å²) < 4.78 is 0. The van der Waals surface area contributed by atoms with Gasteiger partial charge in [-0.05, 0) is 25.0 Å². The van der Waals surface area contributed by atoms with Crippen molar-refractivity contribution in [2.75, 3.05) is 51.1 Å². The Morgan fingerprint density at radius 1 is 1.26 bits per heavy atom. The van der Waals surface area contributed by atoms with Crippen molar-refractivity contribution in [1.29, 1.82) is 0 Å². The van der Waals surface area contributed by atoms with E-state index in [0.29, 0.717) is 18.4 Å². The molecule has 1 amide bonds. The molecular weight excluding hydrogens is 292 g/mol. The molecule has 0 atom stereocenters. The number of hydrogen-bond acceptors (Lipinski definition) is 6. The number of hydrogen-bond donors (Lipinski definition) is 2. The number of carbonyl (C=O) groups is 1. The minimum atomic E-state index is 0.298. The second-order valence-electron chi connectivity index (χ2n) is 6.25. The van der Waals surface area contributed by atoms with Crippen molar-refractivity contribution in [3.63, 3.8) is 0 Å². The van der Waals surface area contributed by atoms with Crippen LogP contribution in [0.4, 0.5) is 5.82 Å². The Morgan fingerprint density at radius 3 is 2.74 bits per heavy atom. The number of aromatic nitrogens is 2. The van der Waals surface area contributed by atoms with Crippen molar-refractivity contribution >= 4 is 11.7 Å². The highest BCUT2D eigenvalue weighted by molar-refractivity contribution is 5.76. The lowest BCUT2D eigenvalue weighted by Crippen LogP contribution is -2.47. The normalized spacial score (nSPS) is 20.4. The average molecular weight is 318 g/mol. The van der Waals surface area contributed by atoms with Gasteiger partial charge in [0.2, 0.25) is 5.91 Å². The minimum absolute atomic E-state index is 0.298. The quantitative estimate of drug-likeness (QED) is 0.807. The Hall–Kier alpha value is -1.73. The van der Waals surface area contributed by atoms with Gasteiger partial charge in [-0.15, -0.1) is 5.10 Å². The number of amides is 1. The van der Waals surface area contributed by atoms with Crippen LogP contribution < -0.4 is 10.6 Å². The summed E-state index contributed by atoms with van der Waals surface area (Å²) in [5.74, 6) is 1.14. The van der Waals surface area contributed by atoms with E-state index in [4.69, 9.17) is 0 Å².